The first-order valence-electron chi connectivity index (χ1n) is 5.65. The zero-order valence-corrected chi connectivity index (χ0v) is 11.4. The van der Waals surface area contributed by atoms with Crippen molar-refractivity contribution in [3.63, 3.8) is 0 Å². The predicted molar refractivity (Wildman–Crippen MR) is 73.8 cm³/mol. The second kappa shape index (κ2) is 6.90. The monoisotopic (exact) mass is 267 g/mol. The van der Waals surface area contributed by atoms with Crippen molar-refractivity contribution in [3.05, 3.63) is 24.0 Å². The summed E-state index contributed by atoms with van der Waals surface area (Å²) in [7, 11) is 1.51. The van der Waals surface area contributed by atoms with Gasteiger partial charge in [0.1, 0.15) is 5.75 Å². The summed E-state index contributed by atoms with van der Waals surface area (Å²) >= 11 is 4.86. The summed E-state index contributed by atoms with van der Waals surface area (Å²) in [5.41, 5.74) is 5.97. The smallest absolute Gasteiger partial charge is 0.258 e. The largest absolute Gasteiger partial charge is 0.494 e. The van der Waals surface area contributed by atoms with E-state index in [1.807, 2.05) is 6.92 Å². The quantitative estimate of drug-likeness (QED) is 0.785. The Kier molecular flexibility index (Phi) is 5.51. The highest BCUT2D eigenvalue weighted by Crippen LogP contribution is 2.18. The number of ether oxygens (including phenoxy) is 1. The van der Waals surface area contributed by atoms with Crippen molar-refractivity contribution in [1.29, 1.82) is 0 Å². The molecule has 5 nitrogen and oxygen atoms in total. The van der Waals surface area contributed by atoms with Crippen molar-refractivity contribution in [1.82, 2.24) is 9.88 Å². The highest BCUT2D eigenvalue weighted by atomic mass is 32.1. The number of carbonyl (C=O) groups excluding carboxylic acids is 1. The molecular weight excluding hydrogens is 250 g/mol. The van der Waals surface area contributed by atoms with Crippen LogP contribution in [0.5, 0.6) is 5.75 Å². The van der Waals surface area contributed by atoms with Gasteiger partial charge in [0.05, 0.1) is 30.4 Å². The molecule has 0 radical (unpaired) electrons. The van der Waals surface area contributed by atoms with Gasteiger partial charge in [-0.25, -0.2) is 0 Å². The third-order valence-corrected chi connectivity index (χ3v) is 2.49. The van der Waals surface area contributed by atoms with Crippen LogP contribution in [-0.2, 0) is 0 Å². The first-order valence-corrected chi connectivity index (χ1v) is 6.06. The van der Waals surface area contributed by atoms with Crippen LogP contribution in [0.2, 0.25) is 0 Å². The zero-order chi connectivity index (χ0) is 13.5. The van der Waals surface area contributed by atoms with E-state index in [9.17, 15) is 4.79 Å². The fourth-order valence-electron chi connectivity index (χ4n) is 1.60. The first-order chi connectivity index (χ1) is 8.60. The second-order valence-electron chi connectivity index (χ2n) is 3.77. The van der Waals surface area contributed by atoms with Gasteiger partial charge in [0.15, 0.2) is 0 Å². The molecule has 0 fully saturated rings. The van der Waals surface area contributed by atoms with Crippen LogP contribution in [-0.4, -0.2) is 41.0 Å². The van der Waals surface area contributed by atoms with Crippen molar-refractivity contribution >= 4 is 23.1 Å². The molecule has 0 spiro atoms. The van der Waals surface area contributed by atoms with Crippen LogP contribution in [0.1, 0.15) is 23.7 Å². The number of aromatic nitrogens is 1. The van der Waals surface area contributed by atoms with E-state index in [1.165, 1.54) is 13.3 Å². The van der Waals surface area contributed by atoms with Gasteiger partial charge in [0.25, 0.3) is 5.91 Å². The van der Waals surface area contributed by atoms with E-state index in [-0.39, 0.29) is 12.5 Å². The Hall–Kier alpha value is -1.69. The van der Waals surface area contributed by atoms with E-state index in [0.29, 0.717) is 22.8 Å². The predicted octanol–water partition coefficient (Wildman–Crippen LogP) is 1.23. The molecule has 0 aliphatic heterocycles. The second-order valence-corrected chi connectivity index (χ2v) is 4.29. The highest BCUT2D eigenvalue weighted by Gasteiger charge is 2.19. The molecule has 0 saturated carbocycles. The lowest BCUT2D eigenvalue weighted by Gasteiger charge is -2.22. The number of methoxy groups -OCH3 is 1. The van der Waals surface area contributed by atoms with E-state index in [2.05, 4.69) is 4.98 Å². The van der Waals surface area contributed by atoms with Crippen LogP contribution in [0.15, 0.2) is 18.5 Å². The van der Waals surface area contributed by atoms with Crippen molar-refractivity contribution < 1.29 is 9.53 Å². The summed E-state index contributed by atoms with van der Waals surface area (Å²) < 4.78 is 5.13. The third kappa shape index (κ3) is 3.66. The molecule has 1 amide bonds. The van der Waals surface area contributed by atoms with Crippen molar-refractivity contribution in [2.75, 3.05) is 20.2 Å². The molecule has 0 atom stereocenters. The molecule has 0 saturated heterocycles. The van der Waals surface area contributed by atoms with Crippen LogP contribution in [0.25, 0.3) is 0 Å². The molecule has 0 aromatic carbocycles. The summed E-state index contributed by atoms with van der Waals surface area (Å²) in [6, 6.07) is 1.63. The van der Waals surface area contributed by atoms with Crippen LogP contribution >= 0.6 is 12.2 Å². The van der Waals surface area contributed by atoms with Gasteiger partial charge in [-0.1, -0.05) is 19.1 Å². The van der Waals surface area contributed by atoms with E-state index < -0.39 is 0 Å². The van der Waals surface area contributed by atoms with Crippen LogP contribution < -0.4 is 10.5 Å². The topological polar surface area (TPSA) is 68.5 Å². The molecule has 1 aromatic heterocycles. The summed E-state index contributed by atoms with van der Waals surface area (Å²) in [5.74, 6) is 0.301. The number of pyridine rings is 1. The Morgan fingerprint density at radius 2 is 2.33 bits per heavy atom. The highest BCUT2D eigenvalue weighted by molar-refractivity contribution is 7.80. The van der Waals surface area contributed by atoms with Gasteiger partial charge in [-0.3, -0.25) is 9.78 Å². The molecule has 1 rings (SSSR count). The summed E-state index contributed by atoms with van der Waals surface area (Å²) in [4.78, 5) is 18.2. The fourth-order valence-corrected chi connectivity index (χ4v) is 1.76. The molecule has 0 aliphatic carbocycles. The standard InChI is InChI=1S/C12H17N3O2S/c1-3-6-15(8-11(13)18)12(16)9-4-5-14-7-10(9)17-2/h4-5,7H,3,6,8H2,1-2H3,(H2,13,18). The van der Waals surface area contributed by atoms with Gasteiger partial charge in [-0.2, -0.15) is 0 Å². The maximum absolute atomic E-state index is 12.4. The molecule has 0 unspecified atom stereocenters. The minimum absolute atomic E-state index is 0.149. The molecule has 0 bridgehead atoms. The molecule has 6 heteroatoms. The Morgan fingerprint density at radius 1 is 1.61 bits per heavy atom. The van der Waals surface area contributed by atoms with Gasteiger partial charge >= 0.3 is 0 Å². The molecule has 18 heavy (non-hydrogen) atoms. The first kappa shape index (κ1) is 14.4. The molecule has 1 aromatic rings. The molecule has 0 aliphatic rings. The van der Waals surface area contributed by atoms with E-state index in [0.717, 1.165) is 6.42 Å². The third-order valence-electron chi connectivity index (χ3n) is 2.36. The lowest BCUT2D eigenvalue weighted by Crippen LogP contribution is -2.38. The summed E-state index contributed by atoms with van der Waals surface area (Å²) in [6.07, 6.45) is 3.90. The average Bonchev–Trinajstić information content (AvgIpc) is 2.37. The average molecular weight is 267 g/mol. The van der Waals surface area contributed by atoms with Crippen LogP contribution in [0.3, 0.4) is 0 Å². The Bertz CT molecular complexity index is 437. The molecule has 2 N–H and O–H groups in total. The van der Waals surface area contributed by atoms with Crippen LogP contribution in [0, 0.1) is 0 Å². The van der Waals surface area contributed by atoms with Gasteiger partial charge in [0.2, 0.25) is 0 Å². The van der Waals surface area contributed by atoms with E-state index in [4.69, 9.17) is 22.7 Å². The maximum atomic E-state index is 12.4. The van der Waals surface area contributed by atoms with Crippen LogP contribution in [0.4, 0.5) is 0 Å². The minimum atomic E-state index is -0.149. The fraction of sp³-hybridized carbons (Fsp3) is 0.417. The number of carbonyl (C=O) groups is 1. The SMILES string of the molecule is CCCN(CC(N)=S)C(=O)c1ccncc1OC. The van der Waals surface area contributed by atoms with Gasteiger partial charge in [-0.05, 0) is 12.5 Å². The number of rotatable bonds is 6. The number of nitrogens with two attached hydrogens (primary N) is 1. The Labute approximate surface area is 112 Å². The number of thiocarbonyl (C=S) groups is 1. The van der Waals surface area contributed by atoms with Crippen molar-refractivity contribution in [2.45, 2.75) is 13.3 Å². The van der Waals surface area contributed by atoms with E-state index >= 15 is 0 Å². The van der Waals surface area contributed by atoms with Crippen molar-refractivity contribution in [3.8, 4) is 5.75 Å². The van der Waals surface area contributed by atoms with Gasteiger partial charge in [0, 0.05) is 12.7 Å². The Morgan fingerprint density at radius 3 is 2.89 bits per heavy atom. The lowest BCUT2D eigenvalue weighted by atomic mass is 10.2. The number of hydrogen-bond donors (Lipinski definition) is 1. The number of nitrogens with zero attached hydrogens (tertiary/aromatic N) is 2. The lowest BCUT2D eigenvalue weighted by molar-refractivity contribution is 0.0776. The number of amides is 1. The number of hydrogen-bond acceptors (Lipinski definition) is 4. The van der Waals surface area contributed by atoms with Crippen molar-refractivity contribution in [2.24, 2.45) is 5.73 Å². The zero-order valence-electron chi connectivity index (χ0n) is 10.5. The minimum Gasteiger partial charge on any atom is -0.494 e. The summed E-state index contributed by atoms with van der Waals surface area (Å²) in [5, 5.41) is 0. The summed E-state index contributed by atoms with van der Waals surface area (Å²) in [6.45, 7) is 2.86. The molecule has 98 valence electrons. The molecular formula is C12H17N3O2S. The van der Waals surface area contributed by atoms with Gasteiger partial charge in [-0.15, -0.1) is 0 Å². The molecule has 1 heterocycles. The van der Waals surface area contributed by atoms with E-state index in [1.54, 1.807) is 17.2 Å². The Balaban J connectivity index is 2.97. The van der Waals surface area contributed by atoms with Gasteiger partial charge < -0.3 is 15.4 Å². The maximum Gasteiger partial charge on any atom is 0.258 e. The normalized spacial score (nSPS) is 9.89.